The zero-order valence-corrected chi connectivity index (χ0v) is 13.1. The highest BCUT2D eigenvalue weighted by atomic mass is 79.9. The summed E-state index contributed by atoms with van der Waals surface area (Å²) < 4.78 is 0.832. The lowest BCUT2D eigenvalue weighted by molar-refractivity contribution is -0.115. The van der Waals surface area contributed by atoms with Gasteiger partial charge < -0.3 is 15.3 Å². The number of aliphatic hydroxyl groups is 1. The van der Waals surface area contributed by atoms with Crippen LogP contribution in [0.2, 0.25) is 0 Å². The van der Waals surface area contributed by atoms with E-state index in [0.717, 1.165) is 27.1 Å². The number of aliphatic hydroxyl groups excluding tert-OH is 1. The highest BCUT2D eigenvalue weighted by molar-refractivity contribution is 9.10. The van der Waals surface area contributed by atoms with Crippen molar-refractivity contribution in [3.63, 3.8) is 0 Å². The van der Waals surface area contributed by atoms with Crippen LogP contribution in [0, 0.1) is 0 Å². The minimum absolute atomic E-state index is 0.0376. The third kappa shape index (κ3) is 2.66. The van der Waals surface area contributed by atoms with Crippen LogP contribution in [0.4, 0.5) is 17.1 Å². The molecule has 1 heterocycles. The first-order valence-corrected chi connectivity index (χ1v) is 7.49. The van der Waals surface area contributed by atoms with Crippen LogP contribution in [0.25, 0.3) is 0 Å². The largest absolute Gasteiger partial charge is 0.389 e. The lowest BCUT2D eigenvalue weighted by Crippen LogP contribution is -2.34. The van der Waals surface area contributed by atoms with Crippen molar-refractivity contribution in [2.45, 2.75) is 13.0 Å². The maximum absolute atomic E-state index is 11.9. The Morgan fingerprint density at radius 3 is 2.76 bits per heavy atom. The summed E-state index contributed by atoms with van der Waals surface area (Å²) in [7, 11) is 0. The van der Waals surface area contributed by atoms with E-state index in [9.17, 15) is 9.90 Å². The van der Waals surface area contributed by atoms with Gasteiger partial charge in [-0.15, -0.1) is 0 Å². The molecule has 0 saturated carbocycles. The molecule has 1 unspecified atom stereocenters. The first-order valence-electron chi connectivity index (χ1n) is 6.70. The van der Waals surface area contributed by atoms with Gasteiger partial charge in [-0.2, -0.15) is 0 Å². The molecule has 2 aromatic rings. The zero-order valence-electron chi connectivity index (χ0n) is 11.5. The van der Waals surface area contributed by atoms with Crippen molar-refractivity contribution in [3.05, 3.63) is 52.5 Å². The standard InChI is InChI=1S/C16H15BrN2O2/c1-10(20)12-7-6-11(8-13(12)17)19-9-16(21)18-14-4-2-3-5-15(14)19/h2-8,10,20H,9H2,1H3,(H,18,21). The number of hydrogen-bond donors (Lipinski definition) is 2. The Balaban J connectivity index is 2.05. The molecule has 0 fully saturated rings. The SMILES string of the molecule is CC(O)c1ccc(N2CC(=O)Nc3ccccc32)cc1Br. The molecule has 0 bridgehead atoms. The maximum Gasteiger partial charge on any atom is 0.244 e. The molecule has 4 nitrogen and oxygen atoms in total. The number of benzene rings is 2. The number of rotatable bonds is 2. The fraction of sp³-hybridized carbons (Fsp3) is 0.188. The molecule has 21 heavy (non-hydrogen) atoms. The van der Waals surface area contributed by atoms with Crippen molar-refractivity contribution in [1.29, 1.82) is 0 Å². The number of nitrogens with one attached hydrogen (secondary N) is 1. The normalized spacial score (nSPS) is 15.4. The molecule has 0 saturated heterocycles. The van der Waals surface area contributed by atoms with E-state index in [1.54, 1.807) is 6.92 Å². The fourth-order valence-corrected chi connectivity index (χ4v) is 3.18. The predicted molar refractivity (Wildman–Crippen MR) is 86.9 cm³/mol. The van der Waals surface area contributed by atoms with Crippen LogP contribution >= 0.6 is 15.9 Å². The highest BCUT2D eigenvalue weighted by Crippen LogP contribution is 2.37. The van der Waals surface area contributed by atoms with Crippen LogP contribution in [0.15, 0.2) is 46.9 Å². The Labute approximate surface area is 131 Å². The van der Waals surface area contributed by atoms with Gasteiger partial charge in [-0.3, -0.25) is 4.79 Å². The van der Waals surface area contributed by atoms with E-state index in [1.165, 1.54) is 0 Å². The average Bonchev–Trinajstić information content (AvgIpc) is 2.45. The molecule has 1 atom stereocenters. The molecule has 2 N–H and O–H groups in total. The number of carbonyl (C=O) groups excluding carboxylic acids is 1. The molecule has 1 aliphatic rings. The second-order valence-electron chi connectivity index (χ2n) is 5.03. The van der Waals surface area contributed by atoms with Crippen molar-refractivity contribution < 1.29 is 9.90 Å². The van der Waals surface area contributed by atoms with Gasteiger partial charge >= 0.3 is 0 Å². The number of halogens is 1. The van der Waals surface area contributed by atoms with Gasteiger partial charge in [0.1, 0.15) is 6.54 Å². The van der Waals surface area contributed by atoms with Gasteiger partial charge in [0.2, 0.25) is 5.91 Å². The molecule has 108 valence electrons. The van der Waals surface area contributed by atoms with Gasteiger partial charge in [0.15, 0.2) is 0 Å². The van der Waals surface area contributed by atoms with Crippen molar-refractivity contribution in [3.8, 4) is 0 Å². The van der Waals surface area contributed by atoms with Crippen molar-refractivity contribution >= 4 is 38.9 Å². The number of fused-ring (bicyclic) bond motifs is 1. The van der Waals surface area contributed by atoms with E-state index >= 15 is 0 Å². The summed E-state index contributed by atoms with van der Waals surface area (Å²) in [6.45, 7) is 2.00. The summed E-state index contributed by atoms with van der Waals surface area (Å²) in [4.78, 5) is 13.8. The Hall–Kier alpha value is -1.85. The molecule has 2 aromatic carbocycles. The van der Waals surface area contributed by atoms with Gasteiger partial charge in [-0.05, 0) is 36.8 Å². The van der Waals surface area contributed by atoms with E-state index in [2.05, 4.69) is 21.2 Å². The van der Waals surface area contributed by atoms with Crippen LogP contribution in [0.3, 0.4) is 0 Å². The molecule has 0 radical (unpaired) electrons. The van der Waals surface area contributed by atoms with Crippen LogP contribution in [-0.4, -0.2) is 17.6 Å². The quantitative estimate of drug-likeness (QED) is 0.873. The van der Waals surface area contributed by atoms with Crippen molar-refractivity contribution in [1.82, 2.24) is 0 Å². The smallest absolute Gasteiger partial charge is 0.244 e. The molecule has 0 aromatic heterocycles. The first-order chi connectivity index (χ1) is 10.1. The Morgan fingerprint density at radius 1 is 1.29 bits per heavy atom. The van der Waals surface area contributed by atoms with Crippen molar-refractivity contribution in [2.75, 3.05) is 16.8 Å². The lowest BCUT2D eigenvalue weighted by atomic mass is 10.1. The van der Waals surface area contributed by atoms with E-state index in [4.69, 9.17) is 0 Å². The Morgan fingerprint density at radius 2 is 2.05 bits per heavy atom. The van der Waals surface area contributed by atoms with Crippen LogP contribution in [-0.2, 0) is 4.79 Å². The third-order valence-electron chi connectivity index (χ3n) is 3.52. The van der Waals surface area contributed by atoms with Gasteiger partial charge in [0, 0.05) is 10.2 Å². The predicted octanol–water partition coefficient (Wildman–Crippen LogP) is 3.59. The van der Waals surface area contributed by atoms with Crippen LogP contribution in [0.1, 0.15) is 18.6 Å². The monoisotopic (exact) mass is 346 g/mol. The van der Waals surface area contributed by atoms with E-state index in [-0.39, 0.29) is 12.5 Å². The molecule has 5 heteroatoms. The van der Waals surface area contributed by atoms with Gasteiger partial charge in [0.25, 0.3) is 0 Å². The maximum atomic E-state index is 11.9. The molecular weight excluding hydrogens is 332 g/mol. The molecule has 0 aliphatic carbocycles. The number of anilines is 3. The summed E-state index contributed by atoms with van der Waals surface area (Å²) >= 11 is 3.48. The van der Waals surface area contributed by atoms with Gasteiger partial charge in [-0.25, -0.2) is 0 Å². The van der Waals surface area contributed by atoms with Crippen molar-refractivity contribution in [2.24, 2.45) is 0 Å². The summed E-state index contributed by atoms with van der Waals surface area (Å²) in [6, 6.07) is 13.4. The minimum Gasteiger partial charge on any atom is -0.389 e. The first kappa shape index (κ1) is 14.1. The summed E-state index contributed by atoms with van der Waals surface area (Å²) in [5.41, 5.74) is 3.51. The summed E-state index contributed by atoms with van der Waals surface area (Å²) in [6.07, 6.45) is -0.537. The summed E-state index contributed by atoms with van der Waals surface area (Å²) in [5.74, 6) is -0.0376. The molecular formula is C16H15BrN2O2. The summed E-state index contributed by atoms with van der Waals surface area (Å²) in [5, 5.41) is 12.6. The number of amides is 1. The molecule has 3 rings (SSSR count). The third-order valence-corrected chi connectivity index (χ3v) is 4.20. The van der Waals surface area contributed by atoms with E-state index < -0.39 is 6.10 Å². The van der Waals surface area contributed by atoms with E-state index in [1.807, 2.05) is 47.4 Å². The Bertz CT molecular complexity index is 700. The number of carbonyl (C=O) groups is 1. The van der Waals surface area contributed by atoms with Crippen LogP contribution in [0.5, 0.6) is 0 Å². The van der Waals surface area contributed by atoms with E-state index in [0.29, 0.717) is 0 Å². The lowest BCUT2D eigenvalue weighted by Gasteiger charge is -2.31. The second kappa shape index (κ2) is 5.50. The fourth-order valence-electron chi connectivity index (χ4n) is 2.49. The number of para-hydroxylation sites is 2. The average molecular weight is 347 g/mol. The molecule has 1 aliphatic heterocycles. The molecule has 1 amide bonds. The number of hydrogen-bond acceptors (Lipinski definition) is 3. The van der Waals surface area contributed by atoms with Crippen LogP contribution < -0.4 is 10.2 Å². The molecule has 0 spiro atoms. The Kier molecular flexibility index (Phi) is 3.69. The number of nitrogens with zero attached hydrogens (tertiary/aromatic N) is 1. The van der Waals surface area contributed by atoms with Gasteiger partial charge in [0.05, 0.1) is 17.5 Å². The zero-order chi connectivity index (χ0) is 15.0. The minimum atomic E-state index is -0.537. The topological polar surface area (TPSA) is 52.6 Å². The second-order valence-corrected chi connectivity index (χ2v) is 5.89. The highest BCUT2D eigenvalue weighted by Gasteiger charge is 2.23. The van der Waals surface area contributed by atoms with Gasteiger partial charge in [-0.1, -0.05) is 34.1 Å².